The van der Waals surface area contributed by atoms with E-state index in [9.17, 15) is 18.3 Å². The number of nitrogens with two attached hydrogens (primary N) is 3. The Hall–Kier alpha value is -2.36. The van der Waals surface area contributed by atoms with Gasteiger partial charge in [0.1, 0.15) is 30.4 Å². The van der Waals surface area contributed by atoms with Crippen LogP contribution in [0.15, 0.2) is 9.98 Å². The van der Waals surface area contributed by atoms with Crippen LogP contribution in [0.1, 0.15) is 6.92 Å². The molecule has 15 heteroatoms. The second-order valence-corrected chi connectivity index (χ2v) is 7.35. The van der Waals surface area contributed by atoms with Gasteiger partial charge in [-0.3, -0.25) is 4.55 Å². The van der Waals surface area contributed by atoms with Crippen molar-refractivity contribution in [3.05, 3.63) is 0 Å². The van der Waals surface area contributed by atoms with Crippen molar-refractivity contribution in [2.45, 2.75) is 36.4 Å². The van der Waals surface area contributed by atoms with E-state index in [0.717, 1.165) is 0 Å². The number of nitrogens with zero attached hydrogens (tertiary/aromatic N) is 3. The van der Waals surface area contributed by atoms with Gasteiger partial charge in [0, 0.05) is 0 Å². The lowest BCUT2D eigenvalue weighted by molar-refractivity contribution is -0.0976. The number of guanidine groups is 2. The summed E-state index contributed by atoms with van der Waals surface area (Å²) in [7, 11) is -4.87. The normalized spacial score (nSPS) is 38.7. The number of nitrogens with one attached hydrogen (secondary N) is 1. The summed E-state index contributed by atoms with van der Waals surface area (Å²) in [6.07, 6.45) is -2.46. The Bertz CT molecular complexity index is 797. The molecule has 5 atom stereocenters. The van der Waals surface area contributed by atoms with Crippen LogP contribution in [0.2, 0.25) is 0 Å². The lowest BCUT2D eigenvalue weighted by Crippen LogP contribution is -2.76. The lowest BCUT2D eigenvalue weighted by atomic mass is 9.79. The Labute approximate surface area is 148 Å². The van der Waals surface area contributed by atoms with Crippen LogP contribution < -0.4 is 22.5 Å². The Morgan fingerprint density at radius 1 is 1.46 bits per heavy atom. The molecule has 0 radical (unpaired) electrons. The molecule has 0 bridgehead atoms. The molecular weight excluding hydrogens is 374 g/mol. The zero-order valence-electron chi connectivity index (χ0n) is 13.6. The van der Waals surface area contributed by atoms with Crippen LogP contribution in [-0.2, 0) is 19.3 Å². The standard InChI is InChI=1S/C11H19N7O7S/c1-10(20)5(25-26(21,22)23)2-18-8(13)15-4(3-24-9(14)19)6-11(10,18)17-7(12)16-6/h4-6,20H,2-3H2,1H3,(H2,13,15)(H2,14,19)(H3,12,16,17)(H,21,22,23). The minimum atomic E-state index is -4.87. The van der Waals surface area contributed by atoms with Gasteiger partial charge in [-0.25, -0.2) is 19.0 Å². The van der Waals surface area contributed by atoms with E-state index < -0.39 is 45.9 Å². The van der Waals surface area contributed by atoms with E-state index in [1.54, 1.807) is 0 Å². The Morgan fingerprint density at radius 3 is 2.69 bits per heavy atom. The maximum absolute atomic E-state index is 11.2. The van der Waals surface area contributed by atoms with Crippen molar-refractivity contribution in [1.29, 1.82) is 0 Å². The highest BCUT2D eigenvalue weighted by atomic mass is 32.3. The maximum atomic E-state index is 11.2. The fourth-order valence-electron chi connectivity index (χ4n) is 3.72. The minimum absolute atomic E-state index is 0.0678. The summed E-state index contributed by atoms with van der Waals surface area (Å²) in [5, 5.41) is 13.9. The number of ether oxygens (including phenoxy) is 1. The molecule has 0 aliphatic carbocycles. The van der Waals surface area contributed by atoms with Crippen molar-refractivity contribution >= 4 is 28.4 Å². The molecular formula is C11H19N7O7S. The van der Waals surface area contributed by atoms with E-state index in [2.05, 4.69) is 19.5 Å². The number of carbonyl (C=O) groups excluding carboxylic acids is 1. The molecule has 3 aliphatic rings. The van der Waals surface area contributed by atoms with Crippen LogP contribution in [-0.4, -0.2) is 83.6 Å². The first kappa shape index (κ1) is 18.4. The van der Waals surface area contributed by atoms with Crippen LogP contribution in [0, 0.1) is 0 Å². The van der Waals surface area contributed by atoms with E-state index in [-0.39, 0.29) is 25.1 Å². The summed E-state index contributed by atoms with van der Waals surface area (Å²) in [6.45, 7) is 0.744. The van der Waals surface area contributed by atoms with E-state index in [0.29, 0.717) is 0 Å². The number of primary amides is 1. The fraction of sp³-hybridized carbons (Fsp3) is 0.727. The minimum Gasteiger partial charge on any atom is -0.447 e. The summed E-state index contributed by atoms with van der Waals surface area (Å²) in [4.78, 5) is 20.6. The first-order valence-electron chi connectivity index (χ1n) is 7.41. The van der Waals surface area contributed by atoms with Crippen molar-refractivity contribution in [3.63, 3.8) is 0 Å². The summed E-state index contributed by atoms with van der Waals surface area (Å²) in [5.41, 5.74) is 13.2. The van der Waals surface area contributed by atoms with Crippen LogP contribution in [0.5, 0.6) is 0 Å². The highest BCUT2D eigenvalue weighted by Gasteiger charge is 2.72. The van der Waals surface area contributed by atoms with Gasteiger partial charge in [0.15, 0.2) is 17.6 Å². The molecule has 1 fully saturated rings. The fourth-order valence-corrected chi connectivity index (χ4v) is 4.26. The number of aliphatic hydroxyl groups is 1. The van der Waals surface area contributed by atoms with Crippen molar-refractivity contribution in [2.75, 3.05) is 13.2 Å². The second kappa shape index (κ2) is 5.57. The number of carbonyl (C=O) groups is 1. The SMILES string of the molecule is CC1(O)C(OS(=O)(=O)O)CN2C(N)=NC(COC(N)=O)C3N=C(N)NC321. The molecule has 1 amide bonds. The van der Waals surface area contributed by atoms with Gasteiger partial charge in [0.25, 0.3) is 0 Å². The average Bonchev–Trinajstić information content (AvgIpc) is 2.93. The van der Waals surface area contributed by atoms with Crippen LogP contribution >= 0.6 is 0 Å². The molecule has 3 rings (SSSR count). The third-order valence-electron chi connectivity index (χ3n) is 4.77. The van der Waals surface area contributed by atoms with Gasteiger partial charge in [0.05, 0.1) is 6.54 Å². The molecule has 3 heterocycles. The quantitative estimate of drug-likeness (QED) is 0.252. The highest BCUT2D eigenvalue weighted by molar-refractivity contribution is 7.80. The summed E-state index contributed by atoms with van der Waals surface area (Å²) in [5.74, 6) is -0.166. The first-order valence-corrected chi connectivity index (χ1v) is 8.77. The third kappa shape index (κ3) is 2.59. The van der Waals surface area contributed by atoms with Gasteiger partial charge in [-0.05, 0) is 6.92 Å². The molecule has 0 aromatic rings. The first-order chi connectivity index (χ1) is 11.9. The van der Waals surface area contributed by atoms with Gasteiger partial charge in [0.2, 0.25) is 0 Å². The highest BCUT2D eigenvalue weighted by Crippen LogP contribution is 2.47. The number of rotatable bonds is 4. The van der Waals surface area contributed by atoms with E-state index in [1.807, 2.05) is 0 Å². The second-order valence-electron chi connectivity index (χ2n) is 6.31. The molecule has 0 saturated carbocycles. The Kier molecular flexibility index (Phi) is 3.95. The lowest BCUT2D eigenvalue weighted by Gasteiger charge is -2.49. The van der Waals surface area contributed by atoms with Gasteiger partial charge < -0.3 is 37.3 Å². The molecule has 0 aromatic heterocycles. The molecule has 1 saturated heterocycles. The van der Waals surface area contributed by atoms with Crippen molar-refractivity contribution < 1.29 is 31.8 Å². The Balaban J connectivity index is 2.04. The van der Waals surface area contributed by atoms with Crippen molar-refractivity contribution in [3.8, 4) is 0 Å². The van der Waals surface area contributed by atoms with Crippen LogP contribution in [0.25, 0.3) is 0 Å². The zero-order chi connectivity index (χ0) is 19.5. The average molecular weight is 393 g/mol. The Morgan fingerprint density at radius 2 is 2.12 bits per heavy atom. The monoisotopic (exact) mass is 393 g/mol. The molecule has 1 spiro atoms. The maximum Gasteiger partial charge on any atom is 0.404 e. The smallest absolute Gasteiger partial charge is 0.404 e. The van der Waals surface area contributed by atoms with Gasteiger partial charge >= 0.3 is 16.5 Å². The largest absolute Gasteiger partial charge is 0.447 e. The van der Waals surface area contributed by atoms with Crippen LogP contribution in [0.4, 0.5) is 4.79 Å². The predicted octanol–water partition coefficient (Wildman–Crippen LogP) is -3.98. The summed E-state index contributed by atoms with van der Waals surface area (Å²) in [6, 6.07) is -1.78. The number of hydrogen-bond donors (Lipinski definition) is 6. The number of aliphatic imine (C=N–C) groups is 2. The zero-order valence-corrected chi connectivity index (χ0v) is 14.4. The summed E-state index contributed by atoms with van der Waals surface area (Å²) >= 11 is 0. The third-order valence-corrected chi connectivity index (χ3v) is 5.25. The van der Waals surface area contributed by atoms with Crippen LogP contribution in [0.3, 0.4) is 0 Å². The molecule has 9 N–H and O–H groups in total. The summed E-state index contributed by atoms with van der Waals surface area (Å²) < 4.78 is 40.7. The molecule has 146 valence electrons. The van der Waals surface area contributed by atoms with Crippen molar-refractivity contribution in [2.24, 2.45) is 27.2 Å². The van der Waals surface area contributed by atoms with Gasteiger partial charge in [-0.1, -0.05) is 0 Å². The van der Waals surface area contributed by atoms with Gasteiger partial charge in [-0.2, -0.15) is 8.42 Å². The molecule has 3 aliphatic heterocycles. The van der Waals surface area contributed by atoms with E-state index >= 15 is 0 Å². The van der Waals surface area contributed by atoms with E-state index in [1.165, 1.54) is 11.8 Å². The van der Waals surface area contributed by atoms with E-state index in [4.69, 9.17) is 26.5 Å². The number of amides is 1. The molecule has 26 heavy (non-hydrogen) atoms. The predicted molar refractivity (Wildman–Crippen MR) is 86.0 cm³/mol. The topological polar surface area (TPSA) is 228 Å². The molecule has 0 aromatic carbocycles. The van der Waals surface area contributed by atoms with Gasteiger partial charge in [-0.15, -0.1) is 0 Å². The number of hydrogen-bond acceptors (Lipinski definition) is 12. The molecule has 5 unspecified atom stereocenters. The molecule has 14 nitrogen and oxygen atoms in total. The van der Waals surface area contributed by atoms with Crippen molar-refractivity contribution in [1.82, 2.24) is 10.2 Å².